The summed E-state index contributed by atoms with van der Waals surface area (Å²) in [7, 11) is 1.34. The molecule has 8 heteroatoms. The smallest absolute Gasteiger partial charge is 0.259 e. The summed E-state index contributed by atoms with van der Waals surface area (Å²) in [6, 6.07) is 0.914. The molecule has 0 saturated heterocycles. The van der Waals surface area contributed by atoms with Crippen molar-refractivity contribution in [1.29, 1.82) is 0 Å². The van der Waals surface area contributed by atoms with Crippen molar-refractivity contribution in [3.63, 3.8) is 0 Å². The van der Waals surface area contributed by atoms with Gasteiger partial charge in [-0.3, -0.25) is 9.89 Å². The molecule has 0 fully saturated rings. The van der Waals surface area contributed by atoms with Crippen molar-refractivity contribution in [2.75, 3.05) is 7.05 Å². The van der Waals surface area contributed by atoms with Crippen LogP contribution < -0.4 is 0 Å². The first kappa shape index (κ1) is 13.1. The Labute approximate surface area is 106 Å². The lowest BCUT2D eigenvalue weighted by molar-refractivity contribution is 0.0771. The topological polar surface area (TPSA) is 61.9 Å². The zero-order valence-electron chi connectivity index (χ0n) is 9.82. The lowest BCUT2D eigenvalue weighted by Crippen LogP contribution is -2.28. The number of nitrogens with zero attached hydrogens (tertiary/aromatic N) is 3. The molecule has 19 heavy (non-hydrogen) atoms. The number of hydrogen-bond acceptors (Lipinski definition) is 3. The molecule has 1 heterocycles. The number of hydrogen-bond donors (Lipinski definition) is 1. The van der Waals surface area contributed by atoms with E-state index in [1.165, 1.54) is 13.4 Å². The van der Waals surface area contributed by atoms with E-state index in [4.69, 9.17) is 0 Å². The van der Waals surface area contributed by atoms with Crippen molar-refractivity contribution in [3.8, 4) is 0 Å². The van der Waals surface area contributed by atoms with E-state index in [2.05, 4.69) is 15.2 Å². The molecule has 0 aliphatic carbocycles. The van der Waals surface area contributed by atoms with Crippen LogP contribution >= 0.6 is 0 Å². The van der Waals surface area contributed by atoms with Gasteiger partial charge in [0, 0.05) is 19.2 Å². The summed E-state index contributed by atoms with van der Waals surface area (Å²) < 4.78 is 39.6. The van der Waals surface area contributed by atoms with Crippen LogP contribution in [-0.2, 0) is 6.54 Å². The number of halogens is 3. The molecule has 0 bridgehead atoms. The zero-order chi connectivity index (χ0) is 14.0. The molecule has 0 radical (unpaired) electrons. The molecule has 0 unspecified atom stereocenters. The van der Waals surface area contributed by atoms with E-state index >= 15 is 0 Å². The largest absolute Gasteiger partial charge is 0.334 e. The maximum absolute atomic E-state index is 13.4. The highest BCUT2D eigenvalue weighted by Crippen LogP contribution is 2.17. The maximum Gasteiger partial charge on any atom is 0.259 e. The van der Waals surface area contributed by atoms with Crippen molar-refractivity contribution >= 4 is 5.91 Å². The van der Waals surface area contributed by atoms with E-state index in [1.807, 2.05) is 0 Å². The predicted molar refractivity (Wildman–Crippen MR) is 58.5 cm³/mol. The zero-order valence-corrected chi connectivity index (χ0v) is 9.82. The molecule has 0 spiro atoms. The number of amides is 1. The van der Waals surface area contributed by atoms with Gasteiger partial charge in [0.2, 0.25) is 0 Å². The number of H-pyrrole nitrogens is 1. The highest BCUT2D eigenvalue weighted by atomic mass is 19.1. The van der Waals surface area contributed by atoms with Gasteiger partial charge >= 0.3 is 0 Å². The highest BCUT2D eigenvalue weighted by molar-refractivity contribution is 5.94. The summed E-state index contributed by atoms with van der Waals surface area (Å²) in [5.41, 5.74) is -0.802. The lowest BCUT2D eigenvalue weighted by atomic mass is 10.1. The molecule has 0 aliphatic heterocycles. The molecule has 1 aromatic carbocycles. The lowest BCUT2D eigenvalue weighted by Gasteiger charge is -2.16. The molecule has 0 atom stereocenters. The summed E-state index contributed by atoms with van der Waals surface area (Å²) >= 11 is 0. The van der Waals surface area contributed by atoms with Gasteiger partial charge in [0.05, 0.1) is 6.54 Å². The first-order chi connectivity index (χ1) is 8.99. The van der Waals surface area contributed by atoms with Crippen molar-refractivity contribution in [2.24, 2.45) is 0 Å². The highest BCUT2D eigenvalue weighted by Gasteiger charge is 2.22. The summed E-state index contributed by atoms with van der Waals surface area (Å²) in [4.78, 5) is 16.7. The molecule has 2 rings (SSSR count). The van der Waals surface area contributed by atoms with Crippen molar-refractivity contribution in [1.82, 2.24) is 20.1 Å². The third-order valence-corrected chi connectivity index (χ3v) is 2.42. The minimum absolute atomic E-state index is 0.00487. The van der Waals surface area contributed by atoms with E-state index in [9.17, 15) is 18.0 Å². The van der Waals surface area contributed by atoms with Crippen LogP contribution in [0.25, 0.3) is 0 Å². The SMILES string of the molecule is CN(Cc1ncn[nH]1)C(=O)c1c(F)cc(F)cc1F. The normalized spacial score (nSPS) is 10.5. The second-order valence-corrected chi connectivity index (χ2v) is 3.84. The van der Waals surface area contributed by atoms with E-state index in [-0.39, 0.29) is 6.54 Å². The quantitative estimate of drug-likeness (QED) is 0.919. The maximum atomic E-state index is 13.4. The minimum atomic E-state index is -1.24. The van der Waals surface area contributed by atoms with Crippen LogP contribution in [-0.4, -0.2) is 33.0 Å². The molecule has 0 saturated carbocycles. The number of aromatic nitrogens is 3. The van der Waals surface area contributed by atoms with Crippen molar-refractivity contribution < 1.29 is 18.0 Å². The summed E-state index contributed by atoms with van der Waals surface area (Å²) in [5.74, 6) is -4.12. The van der Waals surface area contributed by atoms with Crippen LogP contribution in [0.3, 0.4) is 0 Å². The van der Waals surface area contributed by atoms with Gasteiger partial charge < -0.3 is 4.90 Å². The van der Waals surface area contributed by atoms with Gasteiger partial charge in [-0.1, -0.05) is 0 Å². The Bertz CT molecular complexity index is 577. The van der Waals surface area contributed by atoms with Crippen LogP contribution in [0.4, 0.5) is 13.2 Å². The Morgan fingerprint density at radius 2 is 1.95 bits per heavy atom. The molecule has 1 aromatic heterocycles. The fourth-order valence-electron chi connectivity index (χ4n) is 1.54. The molecule has 1 amide bonds. The number of nitrogens with one attached hydrogen (secondary N) is 1. The first-order valence-electron chi connectivity index (χ1n) is 5.23. The number of carbonyl (C=O) groups excluding carboxylic acids is 1. The van der Waals surface area contributed by atoms with Crippen molar-refractivity contribution in [3.05, 3.63) is 47.3 Å². The monoisotopic (exact) mass is 270 g/mol. The van der Waals surface area contributed by atoms with Gasteiger partial charge in [-0.15, -0.1) is 0 Å². The third-order valence-electron chi connectivity index (χ3n) is 2.42. The van der Waals surface area contributed by atoms with Crippen LogP contribution in [0, 0.1) is 17.5 Å². The van der Waals surface area contributed by atoms with E-state index in [0.717, 1.165) is 4.90 Å². The number of rotatable bonds is 3. The van der Waals surface area contributed by atoms with E-state index < -0.39 is 28.9 Å². The molecule has 5 nitrogen and oxygen atoms in total. The Morgan fingerprint density at radius 1 is 1.32 bits per heavy atom. The van der Waals surface area contributed by atoms with Gasteiger partial charge in [0.15, 0.2) is 0 Å². The van der Waals surface area contributed by atoms with Crippen LogP contribution in [0.15, 0.2) is 18.5 Å². The number of benzene rings is 1. The molecule has 2 aromatic rings. The third kappa shape index (κ3) is 2.72. The van der Waals surface area contributed by atoms with Gasteiger partial charge in [-0.25, -0.2) is 18.2 Å². The predicted octanol–water partition coefficient (Wildman–Crippen LogP) is 1.49. The minimum Gasteiger partial charge on any atom is -0.334 e. The Hall–Kier alpha value is -2.38. The standard InChI is InChI=1S/C11H9F3N4O/c1-18(4-9-15-5-16-17-9)11(19)10-7(13)2-6(12)3-8(10)14/h2-3,5H,4H2,1H3,(H,15,16,17). The average Bonchev–Trinajstić information content (AvgIpc) is 2.80. The number of carbonyl (C=O) groups is 1. The summed E-state index contributed by atoms with van der Waals surface area (Å²) in [6.07, 6.45) is 1.24. The van der Waals surface area contributed by atoms with Crippen LogP contribution in [0.2, 0.25) is 0 Å². The fourth-order valence-corrected chi connectivity index (χ4v) is 1.54. The molecular formula is C11H9F3N4O. The average molecular weight is 270 g/mol. The Morgan fingerprint density at radius 3 is 2.47 bits per heavy atom. The van der Waals surface area contributed by atoms with Gasteiger partial charge in [0.1, 0.15) is 35.2 Å². The molecule has 1 N–H and O–H groups in total. The molecule has 0 aliphatic rings. The summed E-state index contributed by atoms with van der Waals surface area (Å²) in [6.45, 7) is -0.00487. The Kier molecular flexibility index (Phi) is 3.50. The van der Waals surface area contributed by atoms with E-state index in [0.29, 0.717) is 18.0 Å². The Balaban J connectivity index is 2.24. The first-order valence-corrected chi connectivity index (χ1v) is 5.23. The second-order valence-electron chi connectivity index (χ2n) is 3.84. The van der Waals surface area contributed by atoms with E-state index in [1.54, 1.807) is 0 Å². The summed E-state index contributed by atoms with van der Waals surface area (Å²) in [5, 5.41) is 6.09. The van der Waals surface area contributed by atoms with Crippen molar-refractivity contribution in [2.45, 2.75) is 6.54 Å². The van der Waals surface area contributed by atoms with Gasteiger partial charge in [-0.2, -0.15) is 5.10 Å². The van der Waals surface area contributed by atoms with Crippen LogP contribution in [0.1, 0.15) is 16.2 Å². The fraction of sp³-hybridized carbons (Fsp3) is 0.182. The second kappa shape index (κ2) is 5.09. The molecular weight excluding hydrogens is 261 g/mol. The van der Waals surface area contributed by atoms with Crippen LogP contribution in [0.5, 0.6) is 0 Å². The molecule has 100 valence electrons. The van der Waals surface area contributed by atoms with Gasteiger partial charge in [0.25, 0.3) is 5.91 Å². The van der Waals surface area contributed by atoms with Gasteiger partial charge in [-0.05, 0) is 0 Å². The number of aromatic amines is 1.